The second-order valence-electron chi connectivity index (χ2n) is 7.60. The normalized spacial score (nSPS) is 12.9. The highest BCUT2D eigenvalue weighted by Gasteiger charge is 2.17. The maximum absolute atomic E-state index is 2.56. The van der Waals surface area contributed by atoms with E-state index in [1.165, 1.54) is 107 Å². The van der Waals surface area contributed by atoms with Gasteiger partial charge in [0.2, 0.25) is 0 Å². The molecule has 0 saturated carbocycles. The fourth-order valence-corrected chi connectivity index (χ4v) is 4.82. The molecule has 26 heavy (non-hydrogen) atoms. The summed E-state index contributed by atoms with van der Waals surface area (Å²) >= 11 is 1.99. The molecule has 1 aromatic rings. The summed E-state index contributed by atoms with van der Waals surface area (Å²) in [4.78, 5) is 4.02. The zero-order valence-electron chi connectivity index (χ0n) is 16.9. The van der Waals surface area contributed by atoms with Crippen molar-refractivity contribution in [3.8, 4) is 0 Å². The van der Waals surface area contributed by atoms with Crippen LogP contribution in [0.1, 0.15) is 96.8 Å². The number of benzene rings is 1. The minimum absolute atomic E-state index is 0. The van der Waals surface area contributed by atoms with E-state index in [2.05, 4.69) is 36.1 Å². The topological polar surface area (TPSA) is 3.24 Å². The molecule has 0 spiro atoms. The molecule has 0 N–H and O–H groups in total. The molecule has 3 heteroatoms. The van der Waals surface area contributed by atoms with Crippen LogP contribution in [0.2, 0.25) is 0 Å². The number of rotatable bonds is 15. The number of fused-ring (bicyclic) bond motifs is 1. The van der Waals surface area contributed by atoms with Crippen molar-refractivity contribution in [2.75, 3.05) is 17.3 Å². The van der Waals surface area contributed by atoms with Gasteiger partial charge >= 0.3 is 0 Å². The van der Waals surface area contributed by atoms with Crippen molar-refractivity contribution in [1.29, 1.82) is 0 Å². The Labute approximate surface area is 177 Å². The summed E-state index contributed by atoms with van der Waals surface area (Å²) in [6.07, 6.45) is 20.2. The van der Waals surface area contributed by atoms with Gasteiger partial charge in [0.25, 0.3) is 0 Å². The number of hydrogen-bond acceptors (Lipinski definition) is 2. The molecule has 0 radical (unpaired) electrons. The fraction of sp³-hybridized carbons (Fsp3) is 0.739. The summed E-state index contributed by atoms with van der Waals surface area (Å²) < 4.78 is 0. The third-order valence-electron chi connectivity index (χ3n) is 5.36. The first-order valence-corrected chi connectivity index (χ1v) is 11.9. The largest absolute Gasteiger partial charge is 0.361 e. The molecule has 150 valence electrons. The Balaban J connectivity index is 0.00000338. The Morgan fingerprint density at radius 2 is 1.23 bits per heavy atom. The lowest BCUT2D eigenvalue weighted by Gasteiger charge is -2.18. The number of hydrogen-bond donors (Lipinski definition) is 0. The molecule has 0 saturated heterocycles. The average molecular weight is 443 g/mol. The molecule has 2 rings (SSSR count). The lowest BCUT2D eigenvalue weighted by atomic mass is 10.0. The summed E-state index contributed by atoms with van der Waals surface area (Å²) in [6, 6.07) is 8.86. The van der Waals surface area contributed by atoms with E-state index < -0.39 is 0 Å². The predicted molar refractivity (Wildman–Crippen MR) is 125 cm³/mol. The molecule has 1 aliphatic heterocycles. The second kappa shape index (κ2) is 15.9. The minimum atomic E-state index is 0. The molecular weight excluding hydrogens is 402 g/mol. The maximum atomic E-state index is 2.56. The van der Waals surface area contributed by atoms with Crippen LogP contribution < -0.4 is 4.90 Å². The number of nitrogens with zero attached hydrogens (tertiary/aromatic N) is 1. The fourth-order valence-electron chi connectivity index (χ4n) is 3.74. The second-order valence-corrected chi connectivity index (χ2v) is 8.59. The van der Waals surface area contributed by atoms with Gasteiger partial charge in [-0.15, -0.1) is 28.7 Å². The average Bonchev–Trinajstić information content (AvgIpc) is 3.05. The van der Waals surface area contributed by atoms with Crippen molar-refractivity contribution in [3.05, 3.63) is 24.3 Å². The van der Waals surface area contributed by atoms with Gasteiger partial charge in [-0.1, -0.05) is 103 Å². The van der Waals surface area contributed by atoms with Gasteiger partial charge in [0.1, 0.15) is 0 Å². The third-order valence-corrected chi connectivity index (χ3v) is 6.46. The Morgan fingerprint density at radius 3 is 1.81 bits per heavy atom. The molecule has 1 aliphatic rings. The first kappa shape index (κ1) is 23.9. The third kappa shape index (κ3) is 9.69. The Hall–Kier alpha value is -0.150. The van der Waals surface area contributed by atoms with Gasteiger partial charge in [-0.05, 0) is 18.6 Å². The molecule has 1 nitrogen and oxygen atoms in total. The molecule has 0 unspecified atom stereocenters. The van der Waals surface area contributed by atoms with Crippen LogP contribution in [0.5, 0.6) is 0 Å². The maximum Gasteiger partial charge on any atom is 0.0686 e. The minimum Gasteiger partial charge on any atom is -0.361 e. The highest BCUT2D eigenvalue weighted by molar-refractivity contribution is 8.93. The summed E-state index contributed by atoms with van der Waals surface area (Å²) in [5.41, 5.74) is 1.46. The van der Waals surface area contributed by atoms with E-state index in [4.69, 9.17) is 0 Å². The van der Waals surface area contributed by atoms with E-state index in [1.807, 2.05) is 11.8 Å². The molecule has 1 aromatic carbocycles. The number of para-hydroxylation sites is 1. The summed E-state index contributed by atoms with van der Waals surface area (Å²) in [6.45, 7) is 3.53. The van der Waals surface area contributed by atoms with Crippen molar-refractivity contribution in [3.63, 3.8) is 0 Å². The lowest BCUT2D eigenvalue weighted by Crippen LogP contribution is -2.20. The van der Waals surface area contributed by atoms with Gasteiger partial charge in [0.05, 0.1) is 11.6 Å². The number of anilines is 1. The van der Waals surface area contributed by atoms with Gasteiger partial charge in [0, 0.05) is 11.4 Å². The number of unbranched alkanes of at least 4 members (excludes halogenated alkanes) is 13. The molecule has 0 amide bonds. The van der Waals surface area contributed by atoms with Crippen molar-refractivity contribution in [2.24, 2.45) is 0 Å². The van der Waals surface area contributed by atoms with Crippen LogP contribution in [-0.2, 0) is 0 Å². The van der Waals surface area contributed by atoms with E-state index >= 15 is 0 Å². The van der Waals surface area contributed by atoms with E-state index in [0.717, 1.165) is 5.88 Å². The van der Waals surface area contributed by atoms with Crippen molar-refractivity contribution < 1.29 is 0 Å². The van der Waals surface area contributed by atoms with Crippen molar-refractivity contribution in [2.45, 2.75) is 102 Å². The molecule has 0 atom stereocenters. The Bertz CT molecular complexity index is 452. The molecular formula is C23H40BrNS. The van der Waals surface area contributed by atoms with Gasteiger partial charge in [-0.2, -0.15) is 0 Å². The van der Waals surface area contributed by atoms with Crippen molar-refractivity contribution >= 4 is 34.4 Å². The molecule has 1 heterocycles. The highest BCUT2D eigenvalue weighted by Crippen LogP contribution is 2.37. The van der Waals surface area contributed by atoms with Crippen LogP contribution in [0.15, 0.2) is 29.2 Å². The quantitative estimate of drug-likeness (QED) is 0.250. The van der Waals surface area contributed by atoms with Gasteiger partial charge in [-0.25, -0.2) is 0 Å². The van der Waals surface area contributed by atoms with E-state index in [1.54, 1.807) is 0 Å². The van der Waals surface area contributed by atoms with Gasteiger partial charge < -0.3 is 4.90 Å². The lowest BCUT2D eigenvalue weighted by molar-refractivity contribution is 0.535. The zero-order chi connectivity index (χ0) is 17.6. The smallest absolute Gasteiger partial charge is 0.0686 e. The van der Waals surface area contributed by atoms with E-state index in [-0.39, 0.29) is 17.0 Å². The van der Waals surface area contributed by atoms with Crippen LogP contribution in [0.25, 0.3) is 0 Å². The first-order valence-electron chi connectivity index (χ1n) is 10.9. The number of thioether (sulfide) groups is 1. The number of halogens is 1. The first-order chi connectivity index (χ1) is 12.4. The predicted octanol–water partition coefficient (Wildman–Crippen LogP) is 8.62. The summed E-state index contributed by atoms with van der Waals surface area (Å²) in [5, 5.41) is 0. The monoisotopic (exact) mass is 441 g/mol. The summed E-state index contributed by atoms with van der Waals surface area (Å²) in [7, 11) is 0. The molecule has 0 bridgehead atoms. The SMILES string of the molecule is Br.CCCCCCCCCCCCCCCCN1CSc2ccccc21. The van der Waals surface area contributed by atoms with Gasteiger partial charge in [-0.3, -0.25) is 0 Å². The Morgan fingerprint density at radius 1 is 0.731 bits per heavy atom. The highest BCUT2D eigenvalue weighted by atomic mass is 79.9. The van der Waals surface area contributed by atoms with Gasteiger partial charge in [0.15, 0.2) is 0 Å². The van der Waals surface area contributed by atoms with E-state index in [0.29, 0.717) is 0 Å². The van der Waals surface area contributed by atoms with Crippen LogP contribution in [0.4, 0.5) is 5.69 Å². The van der Waals surface area contributed by atoms with Crippen LogP contribution in [-0.4, -0.2) is 12.4 Å². The van der Waals surface area contributed by atoms with Crippen LogP contribution in [0.3, 0.4) is 0 Å². The standard InChI is InChI=1S/C23H39NS.BrH/c1-2-3-4-5-6-7-8-9-10-11-12-13-14-17-20-24-21-25-23-19-16-15-18-22(23)24;/h15-16,18-19H,2-14,17,20-21H2,1H3;1H. The molecule has 0 fully saturated rings. The van der Waals surface area contributed by atoms with E-state index in [9.17, 15) is 0 Å². The Kier molecular flexibility index (Phi) is 14.6. The van der Waals surface area contributed by atoms with Crippen LogP contribution in [0, 0.1) is 0 Å². The molecule has 0 aromatic heterocycles. The molecule has 0 aliphatic carbocycles. The van der Waals surface area contributed by atoms with Crippen molar-refractivity contribution in [1.82, 2.24) is 0 Å². The van der Waals surface area contributed by atoms with Crippen LogP contribution >= 0.6 is 28.7 Å². The zero-order valence-corrected chi connectivity index (χ0v) is 19.4. The summed E-state index contributed by atoms with van der Waals surface area (Å²) in [5.74, 6) is 1.15.